The van der Waals surface area contributed by atoms with Gasteiger partial charge in [0.1, 0.15) is 6.26 Å². The zero-order valence-electron chi connectivity index (χ0n) is 14.5. The smallest absolute Gasteiger partial charge is 0.262 e. The van der Waals surface area contributed by atoms with Crippen LogP contribution in [0.1, 0.15) is 13.3 Å². The molecule has 1 amide bonds. The minimum absolute atomic E-state index is 0.0901. The summed E-state index contributed by atoms with van der Waals surface area (Å²) in [6.07, 6.45) is 2.18. The molecule has 3 heterocycles. The van der Waals surface area contributed by atoms with E-state index in [1.807, 2.05) is 29.5 Å². The Morgan fingerprint density at radius 1 is 1.26 bits per heavy atom. The van der Waals surface area contributed by atoms with Crippen LogP contribution in [0, 0.1) is 0 Å². The molecule has 3 aromatic heterocycles. The van der Waals surface area contributed by atoms with Gasteiger partial charge < -0.3 is 9.84 Å². The second-order valence-corrected chi connectivity index (χ2v) is 6.76. The van der Waals surface area contributed by atoms with Crippen LogP contribution in [0.2, 0.25) is 0 Å². The lowest BCUT2D eigenvalue weighted by atomic mass is 10.2. The lowest BCUT2D eigenvalue weighted by molar-refractivity contribution is -0.113. The van der Waals surface area contributed by atoms with Crippen LogP contribution >= 0.6 is 11.8 Å². The van der Waals surface area contributed by atoms with Gasteiger partial charge in [-0.3, -0.25) is 18.6 Å². The highest BCUT2D eigenvalue weighted by molar-refractivity contribution is 7.99. The topological polar surface area (TPSA) is 107 Å². The van der Waals surface area contributed by atoms with E-state index < -0.39 is 0 Å². The summed E-state index contributed by atoms with van der Waals surface area (Å²) >= 11 is 1.24. The van der Waals surface area contributed by atoms with Gasteiger partial charge in [-0.1, -0.05) is 36.0 Å². The predicted molar refractivity (Wildman–Crippen MR) is 101 cm³/mol. The number of carbonyl (C=O) groups excluding carboxylic acids is 1. The number of fused-ring (bicyclic) bond motifs is 3. The molecule has 27 heavy (non-hydrogen) atoms. The van der Waals surface area contributed by atoms with Crippen LogP contribution in [0.3, 0.4) is 0 Å². The molecular weight excluding hydrogens is 368 g/mol. The van der Waals surface area contributed by atoms with E-state index in [4.69, 9.17) is 0 Å². The van der Waals surface area contributed by atoms with Crippen molar-refractivity contribution in [2.45, 2.75) is 25.0 Å². The maximum absolute atomic E-state index is 12.8. The predicted octanol–water partition coefficient (Wildman–Crippen LogP) is 2.17. The first-order valence-corrected chi connectivity index (χ1v) is 9.37. The fourth-order valence-electron chi connectivity index (χ4n) is 2.84. The third kappa shape index (κ3) is 3.19. The molecule has 0 aliphatic carbocycles. The Balaban J connectivity index is 1.71. The summed E-state index contributed by atoms with van der Waals surface area (Å²) < 4.78 is 8.13. The van der Waals surface area contributed by atoms with Crippen LogP contribution in [0.15, 0.2) is 51.1 Å². The van der Waals surface area contributed by atoms with Crippen molar-refractivity contribution in [3.05, 3.63) is 46.9 Å². The van der Waals surface area contributed by atoms with E-state index in [2.05, 4.69) is 25.2 Å². The van der Waals surface area contributed by atoms with Gasteiger partial charge in [-0.15, -0.1) is 10.2 Å². The summed E-state index contributed by atoms with van der Waals surface area (Å²) in [5.41, 5.74) is 0.627. The van der Waals surface area contributed by atoms with Crippen molar-refractivity contribution in [2.24, 2.45) is 0 Å². The fraction of sp³-hybridized carbons (Fsp3) is 0.235. The first-order chi connectivity index (χ1) is 13.2. The van der Waals surface area contributed by atoms with Crippen LogP contribution in [-0.4, -0.2) is 36.0 Å². The van der Waals surface area contributed by atoms with E-state index in [-0.39, 0.29) is 17.2 Å². The Morgan fingerprint density at radius 2 is 2.11 bits per heavy atom. The maximum Gasteiger partial charge on any atom is 0.262 e. The highest BCUT2D eigenvalue weighted by Crippen LogP contribution is 2.21. The first kappa shape index (κ1) is 17.3. The zero-order chi connectivity index (χ0) is 18.8. The molecule has 10 heteroatoms. The number of benzene rings is 1. The zero-order valence-corrected chi connectivity index (χ0v) is 15.3. The Bertz CT molecular complexity index is 1160. The third-order valence-corrected chi connectivity index (χ3v) is 4.89. The van der Waals surface area contributed by atoms with Gasteiger partial charge >= 0.3 is 0 Å². The fourth-order valence-corrected chi connectivity index (χ4v) is 3.58. The number of aryl methyl sites for hydroxylation is 1. The van der Waals surface area contributed by atoms with Crippen molar-refractivity contribution in [1.29, 1.82) is 0 Å². The van der Waals surface area contributed by atoms with Crippen LogP contribution < -0.4 is 10.9 Å². The van der Waals surface area contributed by atoms with E-state index >= 15 is 0 Å². The highest BCUT2D eigenvalue weighted by Gasteiger charge is 2.17. The first-order valence-electron chi connectivity index (χ1n) is 8.38. The van der Waals surface area contributed by atoms with Gasteiger partial charge in [0.05, 0.1) is 16.7 Å². The normalized spacial score (nSPS) is 11.3. The molecule has 0 aliphatic rings. The molecular formula is C17H16N6O3S. The average Bonchev–Trinajstić information content (AvgIpc) is 3.33. The molecule has 4 rings (SSSR count). The number of nitrogens with zero attached hydrogens (tertiary/aromatic N) is 5. The molecule has 4 aromatic rings. The average molecular weight is 384 g/mol. The number of hydrogen-bond donors (Lipinski definition) is 1. The SMILES string of the molecule is CCCn1c(=O)c2ccccc2n2c(SCC(=O)Nc3ccon3)nnc12. The van der Waals surface area contributed by atoms with Crippen molar-refractivity contribution in [2.75, 3.05) is 11.1 Å². The molecule has 0 radical (unpaired) electrons. The summed E-state index contributed by atoms with van der Waals surface area (Å²) in [6, 6.07) is 8.88. The Kier molecular flexibility index (Phi) is 4.63. The number of anilines is 1. The van der Waals surface area contributed by atoms with Gasteiger partial charge in [0, 0.05) is 12.6 Å². The number of amides is 1. The largest absolute Gasteiger partial charge is 0.363 e. The molecule has 138 valence electrons. The van der Waals surface area contributed by atoms with Gasteiger partial charge in [-0.05, 0) is 18.6 Å². The molecule has 9 nitrogen and oxygen atoms in total. The Hall–Kier alpha value is -3.14. The molecule has 0 atom stereocenters. The molecule has 0 fully saturated rings. The molecule has 1 aromatic carbocycles. The summed E-state index contributed by atoms with van der Waals surface area (Å²) in [5, 5.41) is 15.8. The van der Waals surface area contributed by atoms with Crippen molar-refractivity contribution in [3.63, 3.8) is 0 Å². The van der Waals surface area contributed by atoms with Crippen molar-refractivity contribution >= 4 is 40.2 Å². The van der Waals surface area contributed by atoms with Crippen LogP contribution in [0.4, 0.5) is 5.82 Å². The van der Waals surface area contributed by atoms with Gasteiger partial charge in [0.15, 0.2) is 11.0 Å². The van der Waals surface area contributed by atoms with E-state index in [0.29, 0.717) is 34.2 Å². The number of aromatic nitrogens is 5. The number of thioether (sulfide) groups is 1. The van der Waals surface area contributed by atoms with E-state index in [0.717, 1.165) is 6.42 Å². The second kappa shape index (κ2) is 7.23. The molecule has 0 saturated carbocycles. The number of nitrogens with one attached hydrogen (secondary N) is 1. The number of rotatable bonds is 6. The monoisotopic (exact) mass is 384 g/mol. The van der Waals surface area contributed by atoms with E-state index in [1.165, 1.54) is 18.0 Å². The van der Waals surface area contributed by atoms with Crippen LogP contribution in [0.25, 0.3) is 16.7 Å². The van der Waals surface area contributed by atoms with Crippen LogP contribution in [0.5, 0.6) is 0 Å². The number of hydrogen-bond acceptors (Lipinski definition) is 7. The quantitative estimate of drug-likeness (QED) is 0.508. The molecule has 0 saturated heterocycles. The summed E-state index contributed by atoms with van der Waals surface area (Å²) in [4.78, 5) is 24.9. The Labute approximate surface area is 157 Å². The summed E-state index contributed by atoms with van der Waals surface area (Å²) in [7, 11) is 0. The minimum atomic E-state index is -0.239. The lowest BCUT2D eigenvalue weighted by Gasteiger charge is -2.10. The van der Waals surface area contributed by atoms with Gasteiger partial charge in [-0.25, -0.2) is 0 Å². The van der Waals surface area contributed by atoms with Gasteiger partial charge in [0.25, 0.3) is 5.56 Å². The van der Waals surface area contributed by atoms with Crippen molar-refractivity contribution in [1.82, 2.24) is 24.3 Å². The minimum Gasteiger partial charge on any atom is -0.363 e. The lowest BCUT2D eigenvalue weighted by Crippen LogP contribution is -2.23. The standard InChI is InChI=1S/C17H16N6O3S/c1-2-8-22-15(25)11-5-3-4-6-12(11)23-16(22)19-20-17(23)27-10-14(24)18-13-7-9-26-21-13/h3-7,9H,2,8,10H2,1H3,(H,18,21,24). The van der Waals surface area contributed by atoms with Gasteiger partial charge in [0.2, 0.25) is 11.7 Å². The highest BCUT2D eigenvalue weighted by atomic mass is 32.2. The molecule has 0 bridgehead atoms. The van der Waals surface area contributed by atoms with Crippen LogP contribution in [-0.2, 0) is 11.3 Å². The van der Waals surface area contributed by atoms with Crippen molar-refractivity contribution < 1.29 is 9.32 Å². The second-order valence-electron chi connectivity index (χ2n) is 5.81. The number of carbonyl (C=O) groups is 1. The Morgan fingerprint density at radius 3 is 2.89 bits per heavy atom. The van der Waals surface area contributed by atoms with Crippen molar-refractivity contribution in [3.8, 4) is 0 Å². The number of para-hydroxylation sites is 1. The van der Waals surface area contributed by atoms with E-state index in [1.54, 1.807) is 16.7 Å². The third-order valence-electron chi connectivity index (χ3n) is 3.96. The maximum atomic E-state index is 12.8. The molecule has 0 unspecified atom stereocenters. The van der Waals surface area contributed by atoms with E-state index in [9.17, 15) is 9.59 Å². The molecule has 0 spiro atoms. The molecule has 1 N–H and O–H groups in total. The molecule has 0 aliphatic heterocycles. The van der Waals surface area contributed by atoms with Gasteiger partial charge in [-0.2, -0.15) is 0 Å². The summed E-state index contributed by atoms with van der Waals surface area (Å²) in [5.74, 6) is 0.709. The summed E-state index contributed by atoms with van der Waals surface area (Å²) in [6.45, 7) is 2.54.